The number of hydrogen-bond acceptors (Lipinski definition) is 0. The van der Waals surface area contributed by atoms with Gasteiger partial charge in [-0.25, -0.2) is 9.13 Å². The van der Waals surface area contributed by atoms with Crippen LogP contribution in [-0.2, 0) is 6.54 Å². The van der Waals surface area contributed by atoms with Gasteiger partial charge >= 0.3 is 33.0 Å². The normalized spacial score (nSPS) is 14.0. The van der Waals surface area contributed by atoms with Crippen LogP contribution < -0.4 is 4.57 Å². The molecule has 0 atom stereocenters. The second kappa shape index (κ2) is 9.07. The zero-order chi connectivity index (χ0) is 22.4. The number of imidazole rings is 1. The van der Waals surface area contributed by atoms with Gasteiger partial charge in [-0.15, -0.1) is 0 Å². The first-order valence-corrected chi connectivity index (χ1v) is 11.8. The molecule has 2 nitrogen and oxygen atoms in total. The number of rotatable bonds is 8. The van der Waals surface area contributed by atoms with E-state index in [0.29, 0.717) is 0 Å². The summed E-state index contributed by atoms with van der Waals surface area (Å²) < 4.78 is 63.8. The van der Waals surface area contributed by atoms with E-state index >= 15 is 0 Å². The van der Waals surface area contributed by atoms with Crippen LogP contribution in [-0.4, -0.2) is 4.57 Å². The van der Waals surface area contributed by atoms with Gasteiger partial charge in [-0.1, -0.05) is 50.3 Å². The van der Waals surface area contributed by atoms with Gasteiger partial charge in [0.2, 0.25) is 6.33 Å². The third-order valence-electron chi connectivity index (χ3n) is 4.35. The molecule has 2 rings (SSSR count). The van der Waals surface area contributed by atoms with Crippen LogP contribution in [0.4, 0.5) is 25.2 Å². The van der Waals surface area contributed by atoms with E-state index in [-0.39, 0.29) is 0 Å². The summed E-state index contributed by atoms with van der Waals surface area (Å²) in [5.41, 5.74) is 5.36. The van der Waals surface area contributed by atoms with Gasteiger partial charge in [0, 0.05) is 0 Å². The molecule has 0 aliphatic heterocycles. The first kappa shape index (κ1) is 25.5. The van der Waals surface area contributed by atoms with E-state index in [1.807, 2.05) is 0 Å². The fourth-order valence-electron chi connectivity index (χ4n) is 3.31. The second-order valence-electron chi connectivity index (χ2n) is 7.53. The SMILES string of the molecule is CCCCCCCC[n+]1ccn(-c2c(C)cc(C)cc2C)c1.F[P-](F)(F)(F)(F)F. The van der Waals surface area contributed by atoms with E-state index in [1.54, 1.807) is 0 Å². The van der Waals surface area contributed by atoms with Crippen molar-refractivity contribution in [2.45, 2.75) is 72.8 Å². The standard InChI is InChI=1S/C20H31N2.F6P/c1-5-6-7-8-9-10-11-21-12-13-22(16-21)20-18(3)14-17(2)15-19(20)4;1-7(2,3,4,5)6/h12-16H,5-11H2,1-4H3;/q+1;-1. The van der Waals surface area contributed by atoms with Gasteiger partial charge in [0.1, 0.15) is 18.1 Å². The zero-order valence-corrected chi connectivity index (χ0v) is 18.3. The van der Waals surface area contributed by atoms with E-state index in [4.69, 9.17) is 0 Å². The third-order valence-corrected chi connectivity index (χ3v) is 4.35. The number of unbranched alkanes of at least 4 members (excludes halogenated alkanes) is 5. The van der Waals surface area contributed by atoms with Gasteiger partial charge in [-0.05, 0) is 44.7 Å². The van der Waals surface area contributed by atoms with Crippen molar-refractivity contribution >= 4 is 7.81 Å². The topological polar surface area (TPSA) is 8.81 Å². The molecule has 0 unspecified atom stereocenters. The molecule has 0 saturated carbocycles. The Hall–Kier alpha value is -1.56. The van der Waals surface area contributed by atoms with Crippen LogP contribution >= 0.6 is 7.81 Å². The molecule has 2 aromatic rings. The number of aryl methyl sites for hydroxylation is 4. The molecule has 168 valence electrons. The third kappa shape index (κ3) is 12.6. The molecule has 0 radical (unpaired) electrons. The molecule has 0 saturated heterocycles. The van der Waals surface area contributed by atoms with E-state index in [1.165, 1.54) is 60.9 Å². The molecule has 0 N–H and O–H groups in total. The number of nitrogens with zero attached hydrogens (tertiary/aromatic N) is 2. The number of benzene rings is 1. The number of hydrogen-bond donors (Lipinski definition) is 0. The summed E-state index contributed by atoms with van der Waals surface area (Å²) >= 11 is 0. The summed E-state index contributed by atoms with van der Waals surface area (Å²) in [6.07, 6.45) is 14.7. The van der Waals surface area contributed by atoms with Crippen molar-refractivity contribution < 1.29 is 29.7 Å². The van der Waals surface area contributed by atoms with Gasteiger partial charge in [0.05, 0.1) is 6.54 Å². The van der Waals surface area contributed by atoms with Crippen molar-refractivity contribution in [2.24, 2.45) is 0 Å². The quantitative estimate of drug-likeness (QED) is 0.167. The van der Waals surface area contributed by atoms with Crippen LogP contribution in [0.15, 0.2) is 30.9 Å². The van der Waals surface area contributed by atoms with Crippen molar-refractivity contribution in [3.8, 4) is 5.69 Å². The summed E-state index contributed by atoms with van der Waals surface area (Å²) in [5, 5.41) is 0. The Morgan fingerprint density at radius 2 is 1.31 bits per heavy atom. The van der Waals surface area contributed by atoms with Crippen molar-refractivity contribution in [3.63, 3.8) is 0 Å². The molecule has 0 amide bonds. The molecule has 0 aliphatic carbocycles. The Bertz CT molecular complexity index is 763. The van der Waals surface area contributed by atoms with Crippen LogP contribution in [0.2, 0.25) is 0 Å². The molecule has 0 bridgehead atoms. The van der Waals surface area contributed by atoms with Crippen molar-refractivity contribution in [1.82, 2.24) is 4.57 Å². The van der Waals surface area contributed by atoms with Gasteiger partial charge < -0.3 is 0 Å². The van der Waals surface area contributed by atoms with Gasteiger partial charge in [-0.2, -0.15) is 0 Å². The van der Waals surface area contributed by atoms with E-state index in [2.05, 4.69) is 67.7 Å². The molecule has 0 fully saturated rings. The first-order valence-electron chi connectivity index (χ1n) is 9.78. The van der Waals surface area contributed by atoms with Crippen LogP contribution in [0, 0.1) is 20.8 Å². The van der Waals surface area contributed by atoms with Crippen LogP contribution in [0.25, 0.3) is 5.69 Å². The summed E-state index contributed by atoms with van der Waals surface area (Å²) in [6, 6.07) is 4.53. The Morgan fingerprint density at radius 1 is 0.828 bits per heavy atom. The number of aromatic nitrogens is 2. The number of halogens is 6. The molecule has 1 aromatic heterocycles. The minimum atomic E-state index is -10.7. The Labute approximate surface area is 168 Å². The Kier molecular flexibility index (Phi) is 7.97. The molecular weight excluding hydrogens is 413 g/mol. The maximum absolute atomic E-state index is 10.7. The molecule has 0 aliphatic rings. The molecule has 29 heavy (non-hydrogen) atoms. The molecular formula is C20H31F6N2P. The monoisotopic (exact) mass is 444 g/mol. The van der Waals surface area contributed by atoms with Crippen LogP contribution in [0.1, 0.15) is 62.1 Å². The van der Waals surface area contributed by atoms with Crippen LogP contribution in [0.3, 0.4) is 0 Å². The minimum absolute atomic E-state index is 1.13. The van der Waals surface area contributed by atoms with Gasteiger partial charge in [0.15, 0.2) is 0 Å². The second-order valence-corrected chi connectivity index (χ2v) is 9.45. The van der Waals surface area contributed by atoms with E-state index in [0.717, 1.165) is 6.54 Å². The fraction of sp³-hybridized carbons (Fsp3) is 0.550. The fourth-order valence-corrected chi connectivity index (χ4v) is 3.31. The van der Waals surface area contributed by atoms with Gasteiger partial charge in [0.25, 0.3) is 0 Å². The maximum atomic E-state index is 9.87. The predicted molar refractivity (Wildman–Crippen MR) is 107 cm³/mol. The zero-order valence-electron chi connectivity index (χ0n) is 17.4. The van der Waals surface area contributed by atoms with Crippen molar-refractivity contribution in [3.05, 3.63) is 47.5 Å². The molecule has 1 aromatic carbocycles. The average Bonchev–Trinajstić information content (AvgIpc) is 2.95. The predicted octanol–water partition coefficient (Wildman–Crippen LogP) is 8.43. The summed E-state index contributed by atoms with van der Waals surface area (Å²) in [7, 11) is -10.7. The van der Waals surface area contributed by atoms with Crippen LogP contribution in [0.5, 0.6) is 0 Å². The summed E-state index contributed by atoms with van der Waals surface area (Å²) in [4.78, 5) is 0. The summed E-state index contributed by atoms with van der Waals surface area (Å²) in [5.74, 6) is 0. The Balaban J connectivity index is 0.000000516. The summed E-state index contributed by atoms with van der Waals surface area (Å²) in [6.45, 7) is 9.97. The van der Waals surface area contributed by atoms with E-state index < -0.39 is 7.81 Å². The Morgan fingerprint density at radius 3 is 1.83 bits per heavy atom. The van der Waals surface area contributed by atoms with Gasteiger partial charge in [-0.3, -0.25) is 0 Å². The molecule has 0 spiro atoms. The first-order chi connectivity index (χ1) is 13.1. The van der Waals surface area contributed by atoms with Crippen molar-refractivity contribution in [2.75, 3.05) is 0 Å². The molecule has 1 heterocycles. The average molecular weight is 444 g/mol. The van der Waals surface area contributed by atoms with E-state index in [9.17, 15) is 25.2 Å². The van der Waals surface area contributed by atoms with Crippen molar-refractivity contribution in [1.29, 1.82) is 0 Å². The molecule has 9 heteroatoms.